The molecule has 136 valence electrons. The molecule has 0 atom stereocenters. The Kier molecular flexibility index (Phi) is 4.21. The van der Waals surface area contributed by atoms with Gasteiger partial charge in [0.05, 0.1) is 11.3 Å². The van der Waals surface area contributed by atoms with E-state index in [0.717, 1.165) is 12.1 Å². The number of carbonyl (C=O) groups excluding carboxylic acids is 1. The lowest BCUT2D eigenvalue weighted by Crippen LogP contribution is -2.24. The maximum absolute atomic E-state index is 13.0. The number of alkyl halides is 3. The molecule has 0 aliphatic carbocycles. The number of ether oxygens (including phenoxy) is 1. The third-order valence-electron chi connectivity index (χ3n) is 3.52. The summed E-state index contributed by atoms with van der Waals surface area (Å²) < 4.78 is 45.5. The molecule has 0 saturated heterocycles. The van der Waals surface area contributed by atoms with Crippen molar-refractivity contribution in [2.24, 2.45) is 0 Å². The summed E-state index contributed by atoms with van der Waals surface area (Å²) in [6, 6.07) is 9.73. The van der Waals surface area contributed by atoms with Crippen LogP contribution in [0.2, 0.25) is 0 Å². The zero-order valence-corrected chi connectivity index (χ0v) is 14.3. The topological polar surface area (TPSA) is 56.5 Å². The zero-order valence-electron chi connectivity index (χ0n) is 14.3. The van der Waals surface area contributed by atoms with E-state index in [-0.39, 0.29) is 5.69 Å². The number of hydrogen-bond donors (Lipinski definition) is 0. The number of nitrogens with zero attached hydrogens (tertiary/aromatic N) is 3. The number of benzene rings is 1. The van der Waals surface area contributed by atoms with Crippen LogP contribution in [0.15, 0.2) is 42.5 Å². The van der Waals surface area contributed by atoms with Crippen LogP contribution in [0.3, 0.4) is 0 Å². The van der Waals surface area contributed by atoms with Crippen molar-refractivity contribution in [2.75, 3.05) is 0 Å². The zero-order chi connectivity index (χ0) is 19.1. The third kappa shape index (κ3) is 3.54. The van der Waals surface area contributed by atoms with E-state index >= 15 is 0 Å². The Morgan fingerprint density at radius 1 is 1.08 bits per heavy atom. The fourth-order valence-corrected chi connectivity index (χ4v) is 2.46. The van der Waals surface area contributed by atoms with Crippen molar-refractivity contribution in [1.29, 1.82) is 0 Å². The third-order valence-corrected chi connectivity index (χ3v) is 3.52. The van der Waals surface area contributed by atoms with Crippen molar-refractivity contribution >= 4 is 11.5 Å². The molecule has 0 amide bonds. The average molecular weight is 363 g/mol. The normalized spacial score (nSPS) is 12.4. The van der Waals surface area contributed by atoms with Gasteiger partial charge in [-0.2, -0.15) is 13.2 Å². The van der Waals surface area contributed by atoms with E-state index in [1.807, 2.05) is 0 Å². The lowest BCUT2D eigenvalue weighted by atomic mass is 10.1. The molecular formula is C18H16F3N3O2. The summed E-state index contributed by atoms with van der Waals surface area (Å²) >= 11 is 0. The van der Waals surface area contributed by atoms with Gasteiger partial charge in [-0.1, -0.05) is 23.4 Å². The second kappa shape index (κ2) is 6.12. The average Bonchev–Trinajstić information content (AvgIpc) is 2.96. The standard InChI is InChI=1S/C18H16F3N3O2/c1-17(2,3)26-16(25)15-14-9-5-8-13(24(14)23-22-15)11-6-4-7-12(10-11)18(19,20)21/h4-10H,1-3H3. The van der Waals surface area contributed by atoms with E-state index in [1.165, 1.54) is 10.6 Å². The SMILES string of the molecule is CC(C)(C)OC(=O)c1nnn2c(-c3cccc(C(F)(F)F)c3)cccc12. The van der Waals surface area contributed by atoms with Crippen LogP contribution in [0.5, 0.6) is 0 Å². The molecule has 0 radical (unpaired) electrons. The van der Waals surface area contributed by atoms with Gasteiger partial charge in [0.2, 0.25) is 0 Å². The molecule has 0 bridgehead atoms. The molecule has 8 heteroatoms. The van der Waals surface area contributed by atoms with E-state index in [9.17, 15) is 18.0 Å². The molecule has 0 N–H and O–H groups in total. The maximum Gasteiger partial charge on any atom is 0.416 e. The molecule has 0 aliphatic rings. The highest BCUT2D eigenvalue weighted by Gasteiger charge is 2.30. The Hall–Kier alpha value is -2.90. The van der Waals surface area contributed by atoms with E-state index in [2.05, 4.69) is 10.3 Å². The molecule has 0 aliphatic heterocycles. The molecule has 0 spiro atoms. The van der Waals surface area contributed by atoms with Gasteiger partial charge in [0.25, 0.3) is 0 Å². The molecular weight excluding hydrogens is 347 g/mol. The summed E-state index contributed by atoms with van der Waals surface area (Å²) in [7, 11) is 0. The number of fused-ring (bicyclic) bond motifs is 1. The molecule has 2 aromatic heterocycles. The molecule has 3 aromatic rings. The fourth-order valence-electron chi connectivity index (χ4n) is 2.46. The molecule has 0 fully saturated rings. The maximum atomic E-state index is 13.0. The highest BCUT2D eigenvalue weighted by Crippen LogP contribution is 2.32. The minimum absolute atomic E-state index is 0.00810. The van der Waals surface area contributed by atoms with Crippen molar-refractivity contribution in [1.82, 2.24) is 14.8 Å². The number of aromatic nitrogens is 3. The van der Waals surface area contributed by atoms with Crippen LogP contribution >= 0.6 is 0 Å². The van der Waals surface area contributed by atoms with Crippen LogP contribution in [0.4, 0.5) is 13.2 Å². The Morgan fingerprint density at radius 2 is 1.77 bits per heavy atom. The molecule has 2 heterocycles. The smallest absolute Gasteiger partial charge is 0.416 e. The predicted molar refractivity (Wildman–Crippen MR) is 88.6 cm³/mol. The minimum atomic E-state index is -4.45. The van der Waals surface area contributed by atoms with E-state index in [4.69, 9.17) is 4.74 Å². The van der Waals surface area contributed by atoms with Crippen LogP contribution in [0.25, 0.3) is 16.8 Å². The van der Waals surface area contributed by atoms with E-state index in [1.54, 1.807) is 45.0 Å². The molecule has 0 unspecified atom stereocenters. The van der Waals surface area contributed by atoms with Gasteiger partial charge < -0.3 is 4.74 Å². The molecule has 3 rings (SSSR count). The largest absolute Gasteiger partial charge is 0.455 e. The van der Waals surface area contributed by atoms with Gasteiger partial charge in [-0.15, -0.1) is 5.10 Å². The molecule has 1 aromatic carbocycles. The van der Waals surface area contributed by atoms with Crippen molar-refractivity contribution in [3.05, 3.63) is 53.7 Å². The Bertz CT molecular complexity index is 972. The Labute approximate surface area is 147 Å². The fraction of sp³-hybridized carbons (Fsp3) is 0.278. The molecule has 0 saturated carbocycles. The number of rotatable bonds is 2. The lowest BCUT2D eigenvalue weighted by Gasteiger charge is -2.18. The van der Waals surface area contributed by atoms with Crippen LogP contribution in [-0.2, 0) is 10.9 Å². The summed E-state index contributed by atoms with van der Waals surface area (Å²) in [4.78, 5) is 12.3. The van der Waals surface area contributed by atoms with Crippen molar-refractivity contribution in [3.63, 3.8) is 0 Å². The van der Waals surface area contributed by atoms with Crippen LogP contribution in [0, 0.1) is 0 Å². The predicted octanol–water partition coefficient (Wildman–Crippen LogP) is 4.37. The first-order valence-corrected chi connectivity index (χ1v) is 7.82. The highest BCUT2D eigenvalue weighted by atomic mass is 19.4. The minimum Gasteiger partial charge on any atom is -0.455 e. The van der Waals surface area contributed by atoms with Gasteiger partial charge in [-0.3, -0.25) is 0 Å². The number of pyridine rings is 1. The van der Waals surface area contributed by atoms with Crippen LogP contribution in [-0.4, -0.2) is 26.4 Å². The summed E-state index contributed by atoms with van der Waals surface area (Å²) in [6.45, 7) is 5.18. The van der Waals surface area contributed by atoms with Gasteiger partial charge in [0.15, 0.2) is 5.69 Å². The van der Waals surface area contributed by atoms with Gasteiger partial charge >= 0.3 is 12.1 Å². The summed E-state index contributed by atoms with van der Waals surface area (Å²) in [6.07, 6.45) is -4.45. The second-order valence-corrected chi connectivity index (χ2v) is 6.73. The Morgan fingerprint density at radius 3 is 2.42 bits per heavy atom. The summed E-state index contributed by atoms with van der Waals surface area (Å²) in [5.74, 6) is -0.645. The number of esters is 1. The van der Waals surface area contributed by atoms with Crippen molar-refractivity contribution in [3.8, 4) is 11.3 Å². The van der Waals surface area contributed by atoms with E-state index < -0.39 is 23.3 Å². The van der Waals surface area contributed by atoms with Gasteiger partial charge in [-0.25, -0.2) is 9.31 Å². The van der Waals surface area contributed by atoms with Gasteiger partial charge in [0, 0.05) is 5.56 Å². The van der Waals surface area contributed by atoms with E-state index in [0.29, 0.717) is 16.8 Å². The lowest BCUT2D eigenvalue weighted by molar-refractivity contribution is -0.137. The first kappa shape index (κ1) is 17.9. The molecule has 26 heavy (non-hydrogen) atoms. The first-order valence-electron chi connectivity index (χ1n) is 7.82. The number of carbonyl (C=O) groups is 1. The Balaban J connectivity index is 2.09. The number of hydrogen-bond acceptors (Lipinski definition) is 4. The van der Waals surface area contributed by atoms with Crippen molar-refractivity contribution < 1.29 is 22.7 Å². The van der Waals surface area contributed by atoms with Gasteiger partial charge in [0.1, 0.15) is 11.1 Å². The van der Waals surface area contributed by atoms with Crippen LogP contribution in [0.1, 0.15) is 36.8 Å². The second-order valence-electron chi connectivity index (χ2n) is 6.73. The quantitative estimate of drug-likeness (QED) is 0.635. The monoisotopic (exact) mass is 363 g/mol. The summed E-state index contributed by atoms with van der Waals surface area (Å²) in [5, 5.41) is 7.78. The highest BCUT2D eigenvalue weighted by molar-refractivity contribution is 5.95. The van der Waals surface area contributed by atoms with Crippen LogP contribution < -0.4 is 0 Å². The van der Waals surface area contributed by atoms with Gasteiger partial charge in [-0.05, 0) is 45.0 Å². The van der Waals surface area contributed by atoms with Crippen molar-refractivity contribution in [2.45, 2.75) is 32.5 Å². The first-order chi connectivity index (χ1) is 12.1. The molecule has 5 nitrogen and oxygen atoms in total. The number of halogens is 3. The summed E-state index contributed by atoms with van der Waals surface area (Å²) in [5.41, 5.74) is -0.407.